The molecule has 0 aromatic heterocycles. The molecule has 0 heterocycles. The van der Waals surface area contributed by atoms with E-state index in [9.17, 15) is 0 Å². The molecule has 0 aromatic carbocycles. The quantitative estimate of drug-likeness (QED) is 0.431. The number of hydrogen-bond acceptors (Lipinski definition) is 1. The molecule has 0 unspecified atom stereocenters. The van der Waals surface area contributed by atoms with Crippen LogP contribution in [0.4, 0.5) is 0 Å². The molecule has 10 heavy (non-hydrogen) atoms. The first kappa shape index (κ1) is 11.8. The lowest BCUT2D eigenvalue weighted by atomic mass is 10.2. The molecule has 0 saturated heterocycles. The minimum atomic E-state index is 0.958. The first-order valence-corrected chi connectivity index (χ1v) is 3.61. The number of hydrogen-bond donors (Lipinski definition) is 0. The fraction of sp³-hybridized carbons (Fsp3) is 0.667. The van der Waals surface area contributed by atoms with Crippen LogP contribution in [-0.4, -0.2) is 0 Å². The fourth-order valence-electron chi connectivity index (χ4n) is 0.654. The molecule has 0 fully saturated rings. The summed E-state index contributed by atoms with van der Waals surface area (Å²) in [4.78, 5) is 0. The largest absolute Gasteiger partial charge is 0.202 e. The average Bonchev–Trinajstić information content (AvgIpc) is 2.02. The van der Waals surface area contributed by atoms with Crippen molar-refractivity contribution in [2.45, 2.75) is 39.0 Å². The van der Waals surface area contributed by atoms with Gasteiger partial charge in [0.1, 0.15) is 0 Å². The van der Waals surface area contributed by atoms with E-state index in [1.54, 1.807) is 0 Å². The monoisotopic (exact) mass is 137 g/mol. The lowest BCUT2D eigenvalue weighted by Crippen LogP contribution is -1.72. The van der Waals surface area contributed by atoms with Crippen molar-refractivity contribution in [2.75, 3.05) is 0 Å². The molecule has 0 aliphatic carbocycles. The smallest absolute Gasteiger partial charge is 0.0462 e. The van der Waals surface area contributed by atoms with E-state index in [0.717, 1.165) is 6.42 Å². The van der Waals surface area contributed by atoms with E-state index in [1.807, 2.05) is 0 Å². The topological polar surface area (TPSA) is 23.8 Å². The molecule has 0 aliphatic heterocycles. The van der Waals surface area contributed by atoms with Crippen LogP contribution in [0.1, 0.15) is 39.0 Å². The van der Waals surface area contributed by atoms with Crippen LogP contribution >= 0.6 is 0 Å². The van der Waals surface area contributed by atoms with Crippen LogP contribution < -0.4 is 0 Å². The summed E-state index contributed by atoms with van der Waals surface area (Å²) >= 11 is 0. The molecule has 0 N–H and O–H groups in total. The summed E-state index contributed by atoms with van der Waals surface area (Å²) in [7, 11) is 0. The Morgan fingerprint density at radius 2 is 1.80 bits per heavy atom. The predicted molar refractivity (Wildman–Crippen MR) is 44.3 cm³/mol. The summed E-state index contributed by atoms with van der Waals surface area (Å²) in [6.45, 7) is 5.70. The van der Waals surface area contributed by atoms with Gasteiger partial charge in [0, 0.05) is 13.0 Å². The van der Waals surface area contributed by atoms with Crippen LogP contribution in [0.25, 0.3) is 0 Å². The Hall–Kier alpha value is -0.950. The molecule has 0 rings (SSSR count). The lowest BCUT2D eigenvalue weighted by Gasteiger charge is -1.90. The van der Waals surface area contributed by atoms with Crippen molar-refractivity contribution in [3.8, 4) is 18.9 Å². The van der Waals surface area contributed by atoms with E-state index in [-0.39, 0.29) is 0 Å². The van der Waals surface area contributed by atoms with E-state index >= 15 is 0 Å². The second kappa shape index (κ2) is 15.7. The normalized spacial score (nSPS) is 7.00. The van der Waals surface area contributed by atoms with Crippen LogP contribution in [0.5, 0.6) is 0 Å². The van der Waals surface area contributed by atoms with Crippen molar-refractivity contribution in [1.29, 1.82) is 5.26 Å². The maximum atomic E-state index is 6.50. The van der Waals surface area contributed by atoms with Crippen molar-refractivity contribution in [3.05, 3.63) is 0 Å². The highest BCUT2D eigenvalue weighted by Crippen LogP contribution is 2.00. The van der Waals surface area contributed by atoms with Gasteiger partial charge in [0.15, 0.2) is 0 Å². The number of nitriles is 1. The van der Waals surface area contributed by atoms with Gasteiger partial charge >= 0.3 is 0 Å². The van der Waals surface area contributed by atoms with Crippen molar-refractivity contribution in [1.82, 2.24) is 0 Å². The van der Waals surface area contributed by atoms with Gasteiger partial charge in [0.25, 0.3) is 0 Å². The summed E-state index contributed by atoms with van der Waals surface area (Å²) in [5.41, 5.74) is 0. The second-order valence-corrected chi connectivity index (χ2v) is 2.01. The van der Waals surface area contributed by atoms with Gasteiger partial charge in [-0.3, -0.25) is 0 Å². The van der Waals surface area contributed by atoms with Crippen LogP contribution in [-0.2, 0) is 0 Å². The van der Waals surface area contributed by atoms with Gasteiger partial charge in [-0.25, -0.2) is 5.26 Å². The molecular formula is C9H15N. The van der Waals surface area contributed by atoms with Crippen molar-refractivity contribution in [2.24, 2.45) is 0 Å². The van der Waals surface area contributed by atoms with Gasteiger partial charge in [0.2, 0.25) is 0 Å². The highest BCUT2D eigenvalue weighted by molar-refractivity contribution is 4.82. The molecule has 1 heteroatoms. The van der Waals surface area contributed by atoms with Gasteiger partial charge in [-0.15, -0.1) is 12.3 Å². The van der Waals surface area contributed by atoms with Gasteiger partial charge in [-0.2, -0.15) is 0 Å². The van der Waals surface area contributed by atoms with Crippen molar-refractivity contribution in [3.63, 3.8) is 0 Å². The summed E-state index contributed by atoms with van der Waals surface area (Å²) in [5, 5.41) is 6.50. The third-order valence-electron chi connectivity index (χ3n) is 1.17. The Morgan fingerprint density at radius 3 is 2.20 bits per heavy atom. The number of unbranched alkanes of at least 4 members (excludes halogenated alkanes) is 4. The zero-order valence-electron chi connectivity index (χ0n) is 6.64. The fourth-order valence-corrected chi connectivity index (χ4v) is 0.654. The number of rotatable bonds is 4. The summed E-state index contributed by atoms with van der Waals surface area (Å²) < 4.78 is 0. The molecule has 0 radical (unpaired) electrons. The Kier molecular flexibility index (Phi) is 18.5. The highest BCUT2D eigenvalue weighted by Gasteiger charge is 1.81. The standard InChI is InChI=1S/C8H14.CHN/c1-3-5-7-8-6-4-2;1-2/h1H,4-8H2,2H3;1H. The maximum Gasteiger partial charge on any atom is 0.0462 e. The molecule has 0 aliphatic rings. The Balaban J connectivity index is 0. The molecule has 56 valence electrons. The third-order valence-corrected chi connectivity index (χ3v) is 1.17. The van der Waals surface area contributed by atoms with E-state index in [2.05, 4.69) is 19.4 Å². The van der Waals surface area contributed by atoms with Crippen LogP contribution in [0, 0.1) is 24.2 Å². The zero-order valence-corrected chi connectivity index (χ0v) is 6.64. The average molecular weight is 137 g/mol. The third kappa shape index (κ3) is 15.7. The van der Waals surface area contributed by atoms with Crippen LogP contribution in [0.15, 0.2) is 0 Å². The molecule has 0 spiro atoms. The summed E-state index contributed by atoms with van der Waals surface area (Å²) in [5.74, 6) is 2.63. The van der Waals surface area contributed by atoms with E-state index in [1.165, 1.54) is 25.7 Å². The lowest BCUT2D eigenvalue weighted by molar-refractivity contribution is 0.680. The predicted octanol–water partition coefficient (Wildman–Crippen LogP) is 2.73. The van der Waals surface area contributed by atoms with Gasteiger partial charge in [-0.05, 0) is 6.42 Å². The van der Waals surface area contributed by atoms with Crippen molar-refractivity contribution < 1.29 is 0 Å². The summed E-state index contributed by atoms with van der Waals surface area (Å²) in [6, 6.07) is 0. The van der Waals surface area contributed by atoms with Gasteiger partial charge < -0.3 is 0 Å². The molecule has 0 atom stereocenters. The Labute approximate surface area is 64.1 Å². The van der Waals surface area contributed by atoms with Crippen LogP contribution in [0.2, 0.25) is 0 Å². The van der Waals surface area contributed by atoms with E-state index < -0.39 is 0 Å². The molecule has 0 bridgehead atoms. The minimum absolute atomic E-state index is 0.958. The van der Waals surface area contributed by atoms with E-state index in [4.69, 9.17) is 11.7 Å². The minimum Gasteiger partial charge on any atom is -0.202 e. The van der Waals surface area contributed by atoms with E-state index in [0.29, 0.717) is 0 Å². The molecule has 0 aromatic rings. The molecule has 1 nitrogen and oxygen atoms in total. The first-order valence-electron chi connectivity index (χ1n) is 3.61. The second-order valence-electron chi connectivity index (χ2n) is 2.01. The van der Waals surface area contributed by atoms with Gasteiger partial charge in [-0.1, -0.05) is 26.2 Å². The van der Waals surface area contributed by atoms with Crippen LogP contribution in [0.3, 0.4) is 0 Å². The van der Waals surface area contributed by atoms with Gasteiger partial charge in [0.05, 0.1) is 0 Å². The SMILES string of the molecule is C#CCCCCCC.C#N. The first-order chi connectivity index (χ1) is 4.91. The Morgan fingerprint density at radius 1 is 1.20 bits per heavy atom. The maximum absolute atomic E-state index is 6.50. The molecule has 0 amide bonds. The van der Waals surface area contributed by atoms with Crippen molar-refractivity contribution >= 4 is 0 Å². The summed E-state index contributed by atoms with van der Waals surface area (Å²) in [6.07, 6.45) is 11.2. The molecular weight excluding hydrogens is 122 g/mol. The zero-order chi connectivity index (χ0) is 8.24. The number of terminal acetylenes is 1. The number of nitrogens with zero attached hydrogens (tertiary/aromatic N) is 1. The molecule has 0 saturated carbocycles. The Bertz CT molecular complexity index is 97.0. The highest BCUT2D eigenvalue weighted by atomic mass is 14.2.